The number of rotatable bonds is 5. The highest BCUT2D eigenvalue weighted by Gasteiger charge is 2.44. The molecule has 2 rings (SSSR count). The molecule has 1 unspecified atom stereocenters. The number of carbonyl (C=O) groups excluding carboxylic acids is 2. The quantitative estimate of drug-likeness (QED) is 0.520. The van der Waals surface area contributed by atoms with Crippen molar-refractivity contribution in [3.05, 3.63) is 57.9 Å². The molecule has 0 spiro atoms. The van der Waals surface area contributed by atoms with Gasteiger partial charge in [0.1, 0.15) is 0 Å². The van der Waals surface area contributed by atoms with Gasteiger partial charge in [0.15, 0.2) is 0 Å². The standard InChI is InChI=1S/C20H19F6NO4/c1-4-30-17(28)13-9-27-10(3)15(18(29)31-5-2)16(13)12-8-11(19(21,22)23)6-7-14(12)20(24,25)26/h6-9,16,27H,4-5H2,1-3H3. The highest BCUT2D eigenvalue weighted by Crippen LogP contribution is 2.45. The van der Waals surface area contributed by atoms with Crippen LogP contribution in [0.15, 0.2) is 41.2 Å². The summed E-state index contributed by atoms with van der Waals surface area (Å²) in [5.41, 5.74) is -4.54. The summed E-state index contributed by atoms with van der Waals surface area (Å²) in [6.07, 6.45) is -9.00. The third-order valence-corrected chi connectivity index (χ3v) is 4.45. The van der Waals surface area contributed by atoms with E-state index in [9.17, 15) is 35.9 Å². The van der Waals surface area contributed by atoms with Gasteiger partial charge in [-0.2, -0.15) is 26.3 Å². The molecule has 170 valence electrons. The van der Waals surface area contributed by atoms with E-state index in [2.05, 4.69) is 5.32 Å². The van der Waals surface area contributed by atoms with E-state index >= 15 is 0 Å². The summed E-state index contributed by atoms with van der Waals surface area (Å²) in [7, 11) is 0. The molecule has 1 atom stereocenters. The number of allylic oxidation sites excluding steroid dienone is 1. The van der Waals surface area contributed by atoms with Gasteiger partial charge >= 0.3 is 24.3 Å². The molecule has 0 bridgehead atoms. The molecule has 0 amide bonds. The van der Waals surface area contributed by atoms with Gasteiger partial charge in [0.25, 0.3) is 0 Å². The Kier molecular flexibility index (Phi) is 7.07. The molecule has 1 aromatic carbocycles. The number of nitrogens with one attached hydrogen (secondary N) is 1. The molecule has 1 heterocycles. The summed E-state index contributed by atoms with van der Waals surface area (Å²) in [4.78, 5) is 25.0. The van der Waals surface area contributed by atoms with Gasteiger partial charge in [0, 0.05) is 11.9 Å². The van der Waals surface area contributed by atoms with Crippen LogP contribution in [0, 0.1) is 0 Å². The highest BCUT2D eigenvalue weighted by atomic mass is 19.4. The smallest absolute Gasteiger partial charge is 0.416 e. The number of dihydropyridines is 1. The minimum absolute atomic E-state index is 0.0297. The summed E-state index contributed by atoms with van der Waals surface area (Å²) in [5.74, 6) is -3.95. The van der Waals surface area contributed by atoms with Crippen molar-refractivity contribution in [2.24, 2.45) is 0 Å². The van der Waals surface area contributed by atoms with Gasteiger partial charge in [0.05, 0.1) is 41.4 Å². The van der Waals surface area contributed by atoms with Crippen molar-refractivity contribution in [1.82, 2.24) is 5.32 Å². The number of ether oxygens (including phenoxy) is 2. The molecule has 0 fully saturated rings. The van der Waals surface area contributed by atoms with Crippen molar-refractivity contribution in [2.45, 2.75) is 39.0 Å². The number of hydrogen-bond donors (Lipinski definition) is 1. The molecular formula is C20H19F6NO4. The monoisotopic (exact) mass is 451 g/mol. The Balaban J connectivity index is 2.86. The topological polar surface area (TPSA) is 64.6 Å². The van der Waals surface area contributed by atoms with Gasteiger partial charge in [-0.3, -0.25) is 0 Å². The number of carbonyl (C=O) groups is 2. The first-order valence-corrected chi connectivity index (χ1v) is 9.12. The van der Waals surface area contributed by atoms with Gasteiger partial charge in [-0.15, -0.1) is 0 Å². The molecule has 0 saturated heterocycles. The van der Waals surface area contributed by atoms with Crippen LogP contribution in [0.4, 0.5) is 26.3 Å². The maximum absolute atomic E-state index is 13.7. The molecule has 0 saturated carbocycles. The zero-order chi connectivity index (χ0) is 23.6. The molecule has 1 aliphatic heterocycles. The summed E-state index contributed by atoms with van der Waals surface area (Å²) < 4.78 is 90.8. The van der Waals surface area contributed by atoms with E-state index in [-0.39, 0.29) is 25.0 Å². The predicted molar refractivity (Wildman–Crippen MR) is 96.4 cm³/mol. The van der Waals surface area contributed by atoms with Crippen molar-refractivity contribution < 1.29 is 45.4 Å². The maximum Gasteiger partial charge on any atom is 0.416 e. The fourth-order valence-electron chi connectivity index (χ4n) is 3.15. The van der Waals surface area contributed by atoms with Crippen LogP contribution in [0.1, 0.15) is 43.4 Å². The normalized spacial score (nSPS) is 17.1. The second-order valence-corrected chi connectivity index (χ2v) is 6.45. The van der Waals surface area contributed by atoms with E-state index in [1.807, 2.05) is 0 Å². The minimum Gasteiger partial charge on any atom is -0.463 e. The Morgan fingerprint density at radius 3 is 2.06 bits per heavy atom. The molecule has 1 N–H and O–H groups in total. The Morgan fingerprint density at radius 2 is 1.55 bits per heavy atom. The van der Waals surface area contributed by atoms with Crippen LogP contribution >= 0.6 is 0 Å². The largest absolute Gasteiger partial charge is 0.463 e. The number of esters is 2. The van der Waals surface area contributed by atoms with Crippen LogP contribution in [-0.4, -0.2) is 25.2 Å². The van der Waals surface area contributed by atoms with Crippen LogP contribution in [0.2, 0.25) is 0 Å². The molecule has 1 aliphatic rings. The third-order valence-electron chi connectivity index (χ3n) is 4.45. The van der Waals surface area contributed by atoms with E-state index in [1.54, 1.807) is 0 Å². The lowest BCUT2D eigenvalue weighted by molar-refractivity contribution is -0.142. The second-order valence-electron chi connectivity index (χ2n) is 6.45. The van der Waals surface area contributed by atoms with Crippen LogP contribution in [0.5, 0.6) is 0 Å². The van der Waals surface area contributed by atoms with E-state index in [1.165, 1.54) is 20.8 Å². The van der Waals surface area contributed by atoms with Gasteiger partial charge in [-0.05, 0) is 44.5 Å². The van der Waals surface area contributed by atoms with Crippen LogP contribution < -0.4 is 5.32 Å². The Morgan fingerprint density at radius 1 is 0.968 bits per heavy atom. The molecule has 0 radical (unpaired) electrons. The predicted octanol–water partition coefficient (Wildman–Crippen LogP) is 4.70. The van der Waals surface area contributed by atoms with Gasteiger partial charge in [-0.1, -0.05) is 0 Å². The number of alkyl halides is 6. The second kappa shape index (κ2) is 9.03. The Bertz CT molecular complexity index is 931. The Labute approximate surface area is 173 Å². The average molecular weight is 451 g/mol. The summed E-state index contributed by atoms with van der Waals surface area (Å²) in [5, 5.41) is 2.58. The first-order valence-electron chi connectivity index (χ1n) is 9.12. The van der Waals surface area contributed by atoms with Crippen molar-refractivity contribution in [3.63, 3.8) is 0 Å². The lowest BCUT2D eigenvalue weighted by Gasteiger charge is -2.30. The van der Waals surface area contributed by atoms with E-state index in [0.717, 1.165) is 6.20 Å². The molecule has 1 aromatic rings. The summed E-state index contributed by atoms with van der Waals surface area (Å²) in [6, 6.07) is 0.862. The third kappa shape index (κ3) is 5.20. The van der Waals surface area contributed by atoms with Crippen molar-refractivity contribution in [2.75, 3.05) is 13.2 Å². The first-order chi connectivity index (χ1) is 14.3. The summed E-state index contributed by atoms with van der Waals surface area (Å²) in [6.45, 7) is 3.94. The zero-order valence-corrected chi connectivity index (χ0v) is 16.7. The summed E-state index contributed by atoms with van der Waals surface area (Å²) >= 11 is 0. The van der Waals surface area contributed by atoms with Crippen molar-refractivity contribution >= 4 is 11.9 Å². The lowest BCUT2D eigenvalue weighted by atomic mass is 9.79. The van der Waals surface area contributed by atoms with E-state index in [4.69, 9.17) is 9.47 Å². The number of halogens is 6. The van der Waals surface area contributed by atoms with E-state index in [0.29, 0.717) is 12.1 Å². The number of hydrogen-bond acceptors (Lipinski definition) is 5. The fourth-order valence-corrected chi connectivity index (χ4v) is 3.15. The molecule has 0 aliphatic carbocycles. The molecule has 31 heavy (non-hydrogen) atoms. The fraction of sp³-hybridized carbons (Fsp3) is 0.400. The number of benzene rings is 1. The average Bonchev–Trinajstić information content (AvgIpc) is 2.66. The molecular weight excluding hydrogens is 432 g/mol. The molecule has 0 aromatic heterocycles. The SMILES string of the molecule is CCOC(=O)C1=CNC(C)=C(C(=O)OCC)C1c1cc(C(F)(F)F)ccc1C(F)(F)F. The van der Waals surface area contributed by atoms with Crippen LogP contribution in [-0.2, 0) is 31.4 Å². The van der Waals surface area contributed by atoms with Gasteiger partial charge in [-0.25, -0.2) is 9.59 Å². The zero-order valence-electron chi connectivity index (χ0n) is 16.7. The van der Waals surface area contributed by atoms with E-state index < -0.39 is 58.0 Å². The van der Waals surface area contributed by atoms with Crippen molar-refractivity contribution in [1.29, 1.82) is 0 Å². The first kappa shape index (κ1) is 24.3. The Hall–Kier alpha value is -2.98. The van der Waals surface area contributed by atoms with Crippen LogP contribution in [0.25, 0.3) is 0 Å². The minimum atomic E-state index is -5.06. The highest BCUT2D eigenvalue weighted by molar-refractivity contribution is 5.99. The van der Waals surface area contributed by atoms with Crippen LogP contribution in [0.3, 0.4) is 0 Å². The molecule has 5 nitrogen and oxygen atoms in total. The molecule has 11 heteroatoms. The maximum atomic E-state index is 13.7. The lowest BCUT2D eigenvalue weighted by Crippen LogP contribution is -2.31. The van der Waals surface area contributed by atoms with Crippen molar-refractivity contribution in [3.8, 4) is 0 Å². The van der Waals surface area contributed by atoms with Gasteiger partial charge < -0.3 is 14.8 Å². The van der Waals surface area contributed by atoms with Gasteiger partial charge in [0.2, 0.25) is 0 Å².